The summed E-state index contributed by atoms with van der Waals surface area (Å²) in [6, 6.07) is 0. The fraction of sp³-hybridized carbons (Fsp3) is 0.611. The molecule has 1 fully saturated rings. The fourth-order valence-corrected chi connectivity index (χ4v) is 3.68. The molecule has 0 unspecified atom stereocenters. The molecular weight excluding hydrogens is 443 g/mol. The van der Waals surface area contributed by atoms with Gasteiger partial charge in [-0.25, -0.2) is 0 Å². The van der Waals surface area contributed by atoms with Crippen LogP contribution in [0.3, 0.4) is 0 Å². The molecule has 2 aromatic rings. The van der Waals surface area contributed by atoms with Crippen molar-refractivity contribution < 1.29 is 4.79 Å². The first-order valence-corrected chi connectivity index (χ1v) is 10.3. The lowest BCUT2D eigenvalue weighted by Crippen LogP contribution is -2.48. The topological polar surface area (TPSA) is 59.2 Å². The van der Waals surface area contributed by atoms with Gasteiger partial charge in [-0.1, -0.05) is 0 Å². The molecule has 1 amide bonds. The lowest BCUT2D eigenvalue weighted by molar-refractivity contribution is -0.133. The fourth-order valence-electron chi connectivity index (χ4n) is 3.28. The van der Waals surface area contributed by atoms with E-state index in [1.807, 2.05) is 27.4 Å². The minimum Gasteiger partial charge on any atom is -0.340 e. The van der Waals surface area contributed by atoms with Gasteiger partial charge in [-0.2, -0.15) is 10.2 Å². The smallest absolute Gasteiger partial charge is 0.224 e. The van der Waals surface area contributed by atoms with Crippen LogP contribution in [0.2, 0.25) is 0 Å². The molecule has 7 nitrogen and oxygen atoms in total. The molecule has 0 N–H and O–H groups in total. The summed E-state index contributed by atoms with van der Waals surface area (Å²) in [5, 5.41) is 8.85. The van der Waals surface area contributed by atoms with Crippen molar-refractivity contribution in [2.75, 3.05) is 26.2 Å². The number of hydrogen-bond acceptors (Lipinski definition) is 4. The lowest BCUT2D eigenvalue weighted by atomic mass is 10.2. The van der Waals surface area contributed by atoms with Crippen molar-refractivity contribution in [1.82, 2.24) is 29.4 Å². The number of aryl methyl sites for hydroxylation is 3. The molecule has 0 aliphatic carbocycles. The van der Waals surface area contributed by atoms with Gasteiger partial charge < -0.3 is 4.90 Å². The van der Waals surface area contributed by atoms with Gasteiger partial charge in [0.2, 0.25) is 5.91 Å². The molecule has 0 radical (unpaired) electrons. The Hall–Kier alpha value is -1.42. The number of halogens is 1. The number of piperazine rings is 1. The van der Waals surface area contributed by atoms with Crippen LogP contribution in [0, 0.1) is 17.4 Å². The number of amides is 1. The normalized spacial score (nSPS) is 15.6. The van der Waals surface area contributed by atoms with E-state index in [2.05, 4.69) is 57.7 Å². The first-order chi connectivity index (χ1) is 12.5. The summed E-state index contributed by atoms with van der Waals surface area (Å²) in [4.78, 5) is 16.9. The third kappa shape index (κ3) is 4.46. The molecule has 26 heavy (non-hydrogen) atoms. The third-order valence-corrected chi connectivity index (χ3v) is 6.13. The maximum Gasteiger partial charge on any atom is 0.224 e. The van der Waals surface area contributed by atoms with Crippen molar-refractivity contribution in [3.63, 3.8) is 0 Å². The number of rotatable bonds is 6. The van der Waals surface area contributed by atoms with E-state index in [-0.39, 0.29) is 5.91 Å². The first kappa shape index (κ1) is 19.3. The van der Waals surface area contributed by atoms with Crippen LogP contribution >= 0.6 is 22.6 Å². The Labute approximate surface area is 168 Å². The van der Waals surface area contributed by atoms with Crippen molar-refractivity contribution >= 4 is 28.5 Å². The average Bonchev–Trinajstić information content (AvgIpc) is 3.16. The zero-order valence-electron chi connectivity index (χ0n) is 15.8. The van der Waals surface area contributed by atoms with Gasteiger partial charge in [0.05, 0.1) is 15.5 Å². The van der Waals surface area contributed by atoms with E-state index in [9.17, 15) is 4.79 Å². The Balaban J connectivity index is 1.46. The van der Waals surface area contributed by atoms with Crippen LogP contribution in [0.15, 0.2) is 12.4 Å². The van der Waals surface area contributed by atoms with Crippen molar-refractivity contribution in [2.45, 2.75) is 46.8 Å². The van der Waals surface area contributed by atoms with Crippen LogP contribution in [-0.4, -0.2) is 61.4 Å². The highest BCUT2D eigenvalue weighted by atomic mass is 127. The van der Waals surface area contributed by atoms with Gasteiger partial charge in [0, 0.05) is 69.7 Å². The highest BCUT2D eigenvalue weighted by Crippen LogP contribution is 2.14. The van der Waals surface area contributed by atoms with Crippen molar-refractivity contribution in [2.24, 2.45) is 0 Å². The first-order valence-electron chi connectivity index (χ1n) is 9.19. The van der Waals surface area contributed by atoms with Gasteiger partial charge in [0.15, 0.2) is 0 Å². The Morgan fingerprint density at radius 2 is 1.96 bits per heavy atom. The molecule has 2 aromatic heterocycles. The molecule has 0 bridgehead atoms. The summed E-state index contributed by atoms with van der Waals surface area (Å²) in [7, 11) is 0. The van der Waals surface area contributed by atoms with E-state index in [1.165, 1.54) is 5.56 Å². The molecule has 0 spiro atoms. The number of hydrogen-bond donors (Lipinski definition) is 0. The van der Waals surface area contributed by atoms with Crippen LogP contribution in [0.25, 0.3) is 0 Å². The van der Waals surface area contributed by atoms with Gasteiger partial charge >= 0.3 is 0 Å². The van der Waals surface area contributed by atoms with Crippen LogP contribution in [-0.2, 0) is 24.4 Å². The van der Waals surface area contributed by atoms with E-state index in [1.54, 1.807) is 0 Å². The number of nitrogens with zero attached hydrogens (tertiary/aromatic N) is 6. The second-order valence-corrected chi connectivity index (χ2v) is 7.97. The van der Waals surface area contributed by atoms with Gasteiger partial charge in [-0.15, -0.1) is 0 Å². The van der Waals surface area contributed by atoms with E-state index < -0.39 is 0 Å². The van der Waals surface area contributed by atoms with Gasteiger partial charge in [-0.05, 0) is 43.4 Å². The zero-order chi connectivity index (χ0) is 18.7. The molecule has 1 aliphatic rings. The molecule has 3 rings (SSSR count). The van der Waals surface area contributed by atoms with E-state index in [4.69, 9.17) is 0 Å². The highest BCUT2D eigenvalue weighted by molar-refractivity contribution is 14.1. The molecule has 8 heteroatoms. The predicted molar refractivity (Wildman–Crippen MR) is 109 cm³/mol. The van der Waals surface area contributed by atoms with Crippen LogP contribution < -0.4 is 0 Å². The Bertz CT molecular complexity index is 760. The second-order valence-electron chi connectivity index (χ2n) is 6.80. The van der Waals surface area contributed by atoms with Crippen molar-refractivity contribution in [1.29, 1.82) is 0 Å². The number of carbonyl (C=O) groups is 1. The van der Waals surface area contributed by atoms with Gasteiger partial charge in [0.1, 0.15) is 0 Å². The number of carbonyl (C=O) groups excluding carboxylic acids is 1. The standard InChI is InChI=1S/C18H27IN6O/c1-4-24-13-16(14(2)21-24)12-22-7-9-23(10-8-22)18(26)5-6-25-15(3)17(19)11-20-25/h11,13H,4-10,12H2,1-3H3. The second kappa shape index (κ2) is 8.51. The summed E-state index contributed by atoms with van der Waals surface area (Å²) < 4.78 is 5.05. The maximum absolute atomic E-state index is 12.5. The van der Waals surface area contributed by atoms with E-state index in [0.717, 1.165) is 54.2 Å². The van der Waals surface area contributed by atoms with Crippen molar-refractivity contribution in [3.8, 4) is 0 Å². The monoisotopic (exact) mass is 470 g/mol. The summed E-state index contributed by atoms with van der Waals surface area (Å²) in [6.45, 7) is 12.1. The predicted octanol–water partition coefficient (Wildman–Crippen LogP) is 2.06. The molecule has 142 valence electrons. The Morgan fingerprint density at radius 1 is 1.23 bits per heavy atom. The van der Waals surface area contributed by atoms with Crippen molar-refractivity contribution in [3.05, 3.63) is 32.9 Å². The van der Waals surface area contributed by atoms with Crippen LogP contribution in [0.4, 0.5) is 0 Å². The summed E-state index contributed by atoms with van der Waals surface area (Å²) in [5.41, 5.74) is 3.52. The maximum atomic E-state index is 12.5. The van der Waals surface area contributed by atoms with Gasteiger partial charge in [-0.3, -0.25) is 19.1 Å². The Kier molecular flexibility index (Phi) is 6.33. The molecule has 0 saturated carbocycles. The average molecular weight is 470 g/mol. The zero-order valence-corrected chi connectivity index (χ0v) is 17.9. The SMILES string of the molecule is CCn1cc(CN2CCN(C(=O)CCn3ncc(I)c3C)CC2)c(C)n1. The van der Waals surface area contributed by atoms with Crippen LogP contribution in [0.1, 0.15) is 30.3 Å². The molecule has 0 aromatic carbocycles. The molecule has 1 aliphatic heterocycles. The van der Waals surface area contributed by atoms with Crippen LogP contribution in [0.5, 0.6) is 0 Å². The molecular formula is C18H27IN6O. The minimum absolute atomic E-state index is 0.226. The summed E-state index contributed by atoms with van der Waals surface area (Å²) in [6.07, 6.45) is 4.50. The largest absolute Gasteiger partial charge is 0.340 e. The lowest BCUT2D eigenvalue weighted by Gasteiger charge is -2.34. The highest BCUT2D eigenvalue weighted by Gasteiger charge is 2.22. The number of aromatic nitrogens is 4. The molecule has 1 saturated heterocycles. The summed E-state index contributed by atoms with van der Waals surface area (Å²) >= 11 is 2.27. The Morgan fingerprint density at radius 3 is 2.54 bits per heavy atom. The quantitative estimate of drug-likeness (QED) is 0.607. The van der Waals surface area contributed by atoms with E-state index in [0.29, 0.717) is 13.0 Å². The molecule has 0 atom stereocenters. The summed E-state index contributed by atoms with van der Waals surface area (Å²) in [5.74, 6) is 0.226. The third-order valence-electron chi connectivity index (χ3n) is 5.07. The minimum atomic E-state index is 0.226. The van der Waals surface area contributed by atoms with Gasteiger partial charge in [0.25, 0.3) is 0 Å². The van der Waals surface area contributed by atoms with E-state index >= 15 is 0 Å². The molecule has 3 heterocycles.